The van der Waals surface area contributed by atoms with Crippen molar-refractivity contribution in [1.29, 1.82) is 0 Å². The first-order valence-electron chi connectivity index (χ1n) is 10.8. The molecule has 0 radical (unpaired) electrons. The molecule has 0 unspecified atom stereocenters. The van der Waals surface area contributed by atoms with Crippen molar-refractivity contribution in [2.45, 2.75) is 25.9 Å². The van der Waals surface area contributed by atoms with Crippen molar-refractivity contribution < 1.29 is 13.2 Å². The molecular formula is C28H21F3N2. The molecule has 0 spiro atoms. The third kappa shape index (κ3) is 4.19. The van der Waals surface area contributed by atoms with Gasteiger partial charge in [0, 0.05) is 23.2 Å². The standard InChI is InChI=1S/C28H21F3N2/c1-2-18-3-7-20(8-4-18)22-13-15-32-26-24(22)11-12-25-23(14-16-33-27(25)26)21-9-5-19(6-10-21)17-28(29,30)31/h3-16H,2,17H2,1H3. The van der Waals surface area contributed by atoms with E-state index in [2.05, 4.69) is 47.2 Å². The number of hydrogen-bond donors (Lipinski definition) is 0. The lowest BCUT2D eigenvalue weighted by Crippen LogP contribution is -2.11. The van der Waals surface area contributed by atoms with Crippen molar-refractivity contribution in [1.82, 2.24) is 9.97 Å². The first kappa shape index (κ1) is 21.1. The monoisotopic (exact) mass is 442 g/mol. The molecular weight excluding hydrogens is 421 g/mol. The van der Waals surface area contributed by atoms with Gasteiger partial charge in [-0.05, 0) is 51.9 Å². The molecule has 2 nitrogen and oxygen atoms in total. The molecule has 0 bridgehead atoms. The quantitative estimate of drug-likeness (QED) is 0.266. The Hall–Kier alpha value is -3.73. The number of fused-ring (bicyclic) bond motifs is 3. The summed E-state index contributed by atoms with van der Waals surface area (Å²) in [6, 6.07) is 23.1. The molecule has 5 heteroatoms. The average molecular weight is 442 g/mol. The summed E-state index contributed by atoms with van der Waals surface area (Å²) in [5.41, 5.74) is 7.09. The Bertz CT molecular complexity index is 1440. The summed E-state index contributed by atoms with van der Waals surface area (Å²) in [5, 5.41) is 1.93. The van der Waals surface area contributed by atoms with Crippen LogP contribution in [0.3, 0.4) is 0 Å². The van der Waals surface area contributed by atoms with Gasteiger partial charge in [-0.15, -0.1) is 0 Å². The lowest BCUT2D eigenvalue weighted by molar-refractivity contribution is -0.127. The molecule has 0 saturated carbocycles. The Morgan fingerprint density at radius 2 is 1.06 bits per heavy atom. The summed E-state index contributed by atoms with van der Waals surface area (Å²) in [6.07, 6.45) is -0.632. The van der Waals surface area contributed by atoms with Crippen molar-refractivity contribution in [2.24, 2.45) is 0 Å². The van der Waals surface area contributed by atoms with Crippen molar-refractivity contribution in [3.8, 4) is 22.3 Å². The molecule has 0 aliphatic heterocycles. The Morgan fingerprint density at radius 1 is 0.606 bits per heavy atom. The topological polar surface area (TPSA) is 25.8 Å². The van der Waals surface area contributed by atoms with Gasteiger partial charge in [-0.2, -0.15) is 13.2 Å². The third-order valence-electron chi connectivity index (χ3n) is 5.96. The minimum atomic E-state index is -4.22. The molecule has 0 fully saturated rings. The number of benzene rings is 3. The molecule has 164 valence electrons. The van der Waals surface area contributed by atoms with Gasteiger partial charge >= 0.3 is 6.18 Å². The molecule has 0 saturated heterocycles. The fourth-order valence-electron chi connectivity index (χ4n) is 4.29. The fraction of sp³-hybridized carbons (Fsp3) is 0.143. The Morgan fingerprint density at radius 3 is 1.48 bits per heavy atom. The van der Waals surface area contributed by atoms with Gasteiger partial charge in [0.15, 0.2) is 0 Å². The fourth-order valence-corrected chi connectivity index (χ4v) is 4.29. The maximum atomic E-state index is 12.7. The van der Waals surface area contributed by atoms with Crippen LogP contribution < -0.4 is 0 Å². The highest BCUT2D eigenvalue weighted by atomic mass is 19.4. The van der Waals surface area contributed by atoms with Crippen LogP contribution >= 0.6 is 0 Å². The van der Waals surface area contributed by atoms with Crippen LogP contribution in [-0.4, -0.2) is 16.1 Å². The molecule has 0 atom stereocenters. The zero-order valence-electron chi connectivity index (χ0n) is 18.0. The third-order valence-corrected chi connectivity index (χ3v) is 5.96. The SMILES string of the molecule is CCc1ccc(-c2ccnc3c2ccc2c(-c4ccc(CC(F)(F)F)cc4)ccnc23)cc1. The van der Waals surface area contributed by atoms with E-state index in [1.165, 1.54) is 17.7 Å². The number of alkyl halides is 3. The molecule has 0 amide bonds. The number of nitrogens with zero attached hydrogens (tertiary/aromatic N) is 2. The maximum Gasteiger partial charge on any atom is 0.393 e. The zero-order chi connectivity index (χ0) is 23.0. The number of aryl methyl sites for hydroxylation is 1. The minimum absolute atomic E-state index is 0.246. The van der Waals surface area contributed by atoms with Gasteiger partial charge in [-0.3, -0.25) is 9.97 Å². The second-order valence-corrected chi connectivity index (χ2v) is 8.11. The summed E-state index contributed by atoms with van der Waals surface area (Å²) in [5.74, 6) is 0. The molecule has 0 aliphatic carbocycles. The molecule has 33 heavy (non-hydrogen) atoms. The highest BCUT2D eigenvalue weighted by Gasteiger charge is 2.27. The second kappa shape index (κ2) is 8.32. The van der Waals surface area contributed by atoms with Gasteiger partial charge in [0.25, 0.3) is 0 Å². The van der Waals surface area contributed by atoms with Crippen LogP contribution in [0.4, 0.5) is 13.2 Å². The molecule has 2 heterocycles. The van der Waals surface area contributed by atoms with Crippen LogP contribution in [-0.2, 0) is 12.8 Å². The highest BCUT2D eigenvalue weighted by Crippen LogP contribution is 2.35. The Kier molecular flexibility index (Phi) is 5.33. The first-order chi connectivity index (χ1) is 15.9. The number of pyridine rings is 2. The molecule has 0 aliphatic rings. The highest BCUT2D eigenvalue weighted by molar-refractivity contribution is 6.11. The molecule has 3 aromatic carbocycles. The summed E-state index contributed by atoms with van der Waals surface area (Å²) >= 11 is 0. The second-order valence-electron chi connectivity index (χ2n) is 8.11. The predicted molar refractivity (Wildman–Crippen MR) is 127 cm³/mol. The van der Waals surface area contributed by atoms with Gasteiger partial charge in [0.05, 0.1) is 17.5 Å². The lowest BCUT2D eigenvalue weighted by atomic mass is 9.95. The van der Waals surface area contributed by atoms with Crippen LogP contribution in [0.5, 0.6) is 0 Å². The van der Waals surface area contributed by atoms with E-state index in [4.69, 9.17) is 0 Å². The Labute approximate surface area is 189 Å². The van der Waals surface area contributed by atoms with E-state index in [0.717, 1.165) is 50.5 Å². The van der Waals surface area contributed by atoms with Crippen LogP contribution in [0.25, 0.3) is 44.1 Å². The number of rotatable bonds is 4. The Balaban J connectivity index is 1.61. The zero-order valence-corrected chi connectivity index (χ0v) is 18.0. The van der Waals surface area contributed by atoms with E-state index in [1.54, 1.807) is 24.5 Å². The summed E-state index contributed by atoms with van der Waals surface area (Å²) in [4.78, 5) is 9.24. The smallest absolute Gasteiger partial charge is 0.254 e. The summed E-state index contributed by atoms with van der Waals surface area (Å²) in [7, 11) is 0. The van der Waals surface area contributed by atoms with Crippen LogP contribution in [0.15, 0.2) is 85.2 Å². The predicted octanol–water partition coefficient (Wildman–Crippen LogP) is 7.78. The molecule has 5 aromatic rings. The number of aromatic nitrogens is 2. The normalized spacial score (nSPS) is 11.9. The van der Waals surface area contributed by atoms with Crippen LogP contribution in [0.2, 0.25) is 0 Å². The lowest BCUT2D eigenvalue weighted by Gasteiger charge is -2.12. The molecule has 5 rings (SSSR count). The first-order valence-corrected chi connectivity index (χ1v) is 10.8. The minimum Gasteiger partial charge on any atom is -0.254 e. The van der Waals surface area contributed by atoms with Gasteiger partial charge in [0.1, 0.15) is 0 Å². The van der Waals surface area contributed by atoms with E-state index in [-0.39, 0.29) is 5.56 Å². The largest absolute Gasteiger partial charge is 0.393 e. The van der Waals surface area contributed by atoms with Gasteiger partial charge in [-0.25, -0.2) is 0 Å². The van der Waals surface area contributed by atoms with Crippen LogP contribution in [0.1, 0.15) is 18.1 Å². The molecule has 2 aromatic heterocycles. The van der Waals surface area contributed by atoms with Crippen LogP contribution in [0, 0.1) is 0 Å². The van der Waals surface area contributed by atoms with E-state index in [0.29, 0.717) is 0 Å². The van der Waals surface area contributed by atoms with Crippen molar-refractivity contribution in [3.63, 3.8) is 0 Å². The molecule has 0 N–H and O–H groups in total. The maximum absolute atomic E-state index is 12.7. The van der Waals surface area contributed by atoms with Gasteiger partial charge in [-0.1, -0.05) is 67.6 Å². The number of hydrogen-bond acceptors (Lipinski definition) is 2. The van der Waals surface area contributed by atoms with E-state index < -0.39 is 12.6 Å². The van der Waals surface area contributed by atoms with Crippen molar-refractivity contribution >= 4 is 21.8 Å². The van der Waals surface area contributed by atoms with Gasteiger partial charge < -0.3 is 0 Å². The van der Waals surface area contributed by atoms with E-state index in [9.17, 15) is 13.2 Å². The van der Waals surface area contributed by atoms with Crippen molar-refractivity contribution in [2.75, 3.05) is 0 Å². The number of halogens is 3. The summed E-state index contributed by atoms with van der Waals surface area (Å²) < 4.78 is 38.1. The summed E-state index contributed by atoms with van der Waals surface area (Å²) in [6.45, 7) is 2.14. The van der Waals surface area contributed by atoms with E-state index in [1.807, 2.05) is 18.2 Å². The van der Waals surface area contributed by atoms with E-state index >= 15 is 0 Å². The van der Waals surface area contributed by atoms with Crippen molar-refractivity contribution in [3.05, 3.63) is 96.3 Å². The average Bonchev–Trinajstić information content (AvgIpc) is 2.83. The van der Waals surface area contributed by atoms with Gasteiger partial charge in [0.2, 0.25) is 0 Å².